The third-order valence-electron chi connectivity index (χ3n) is 5.94. The van der Waals surface area contributed by atoms with Crippen LogP contribution in [0.5, 0.6) is 5.75 Å². The summed E-state index contributed by atoms with van der Waals surface area (Å²) in [5.41, 5.74) is 2.45. The van der Waals surface area contributed by atoms with Crippen LogP contribution in [0, 0.1) is 10.1 Å². The highest BCUT2D eigenvalue weighted by Crippen LogP contribution is 2.29. The van der Waals surface area contributed by atoms with E-state index in [2.05, 4.69) is 15.1 Å². The number of hydrogen-bond acceptors (Lipinski definition) is 6. The number of nitro groups is 1. The lowest BCUT2D eigenvalue weighted by Crippen LogP contribution is -2.46. The molecule has 2 aromatic carbocycles. The zero-order valence-corrected chi connectivity index (χ0v) is 19.1. The summed E-state index contributed by atoms with van der Waals surface area (Å²) in [6.07, 6.45) is 3.72. The molecular weight excluding hydrogens is 444 g/mol. The number of ether oxygens (including phenoxy) is 1. The molecule has 1 amide bonds. The number of non-ortho nitro benzene ring substituents is 1. The Labute approximate surface area is 197 Å². The lowest BCUT2D eigenvalue weighted by Gasteiger charge is -2.36. The van der Waals surface area contributed by atoms with Crippen LogP contribution in [0.3, 0.4) is 0 Å². The number of nitro benzene ring substituents is 1. The Morgan fingerprint density at radius 2 is 1.94 bits per heavy atom. The van der Waals surface area contributed by atoms with Gasteiger partial charge in [0.15, 0.2) is 0 Å². The van der Waals surface area contributed by atoms with Crippen molar-refractivity contribution in [3.8, 4) is 5.75 Å². The number of nitrogens with one attached hydrogen (secondary N) is 1. The summed E-state index contributed by atoms with van der Waals surface area (Å²) in [6.45, 7) is 5.37. The first-order valence-corrected chi connectivity index (χ1v) is 11.5. The molecular formula is C24H27ClN4O4. The summed E-state index contributed by atoms with van der Waals surface area (Å²) in [4.78, 5) is 27.7. The molecule has 1 saturated heterocycles. The van der Waals surface area contributed by atoms with Crippen molar-refractivity contribution in [2.45, 2.75) is 12.8 Å². The van der Waals surface area contributed by atoms with Crippen LogP contribution in [-0.2, 0) is 4.79 Å². The van der Waals surface area contributed by atoms with Gasteiger partial charge in [0, 0.05) is 61.1 Å². The molecule has 2 aliphatic rings. The normalized spacial score (nSPS) is 15.9. The molecule has 9 heteroatoms. The van der Waals surface area contributed by atoms with Gasteiger partial charge in [-0.25, -0.2) is 0 Å². The summed E-state index contributed by atoms with van der Waals surface area (Å²) in [5, 5.41) is 14.6. The molecule has 4 rings (SSSR count). The van der Waals surface area contributed by atoms with Gasteiger partial charge in [-0.1, -0.05) is 17.7 Å². The second-order valence-electron chi connectivity index (χ2n) is 8.21. The minimum atomic E-state index is -0.356. The molecule has 0 spiro atoms. The smallest absolute Gasteiger partial charge is 0.271 e. The van der Waals surface area contributed by atoms with Crippen LogP contribution in [0.2, 0.25) is 5.02 Å². The number of amides is 1. The molecule has 0 unspecified atom stereocenters. The Kier molecular flexibility index (Phi) is 7.47. The third kappa shape index (κ3) is 6.03. The van der Waals surface area contributed by atoms with Crippen molar-refractivity contribution >= 4 is 35.0 Å². The number of piperazine rings is 1. The maximum atomic E-state index is 12.4. The predicted molar refractivity (Wildman–Crippen MR) is 129 cm³/mol. The number of anilines is 1. The summed E-state index contributed by atoms with van der Waals surface area (Å²) in [5.74, 6) is 0.632. The highest BCUT2D eigenvalue weighted by atomic mass is 35.5. The van der Waals surface area contributed by atoms with Gasteiger partial charge in [-0.15, -0.1) is 0 Å². The molecule has 0 saturated carbocycles. The lowest BCUT2D eigenvalue weighted by molar-refractivity contribution is -0.384. The van der Waals surface area contributed by atoms with E-state index in [1.165, 1.54) is 6.07 Å². The minimum absolute atomic E-state index is 0.105. The van der Waals surface area contributed by atoms with Crippen LogP contribution < -0.4 is 15.0 Å². The quantitative estimate of drug-likeness (QED) is 0.359. The van der Waals surface area contributed by atoms with Crippen LogP contribution in [-0.4, -0.2) is 61.6 Å². The fourth-order valence-corrected chi connectivity index (χ4v) is 4.27. The highest BCUT2D eigenvalue weighted by molar-refractivity contribution is 6.30. The third-order valence-corrected chi connectivity index (χ3v) is 6.18. The fraction of sp³-hybridized carbons (Fsp3) is 0.375. The minimum Gasteiger partial charge on any atom is -0.488 e. The van der Waals surface area contributed by atoms with Crippen LogP contribution >= 0.6 is 11.6 Å². The molecule has 1 N–H and O–H groups in total. The van der Waals surface area contributed by atoms with E-state index < -0.39 is 0 Å². The van der Waals surface area contributed by atoms with Crippen molar-refractivity contribution in [2.24, 2.45) is 0 Å². The zero-order valence-electron chi connectivity index (χ0n) is 18.3. The molecule has 33 heavy (non-hydrogen) atoms. The maximum Gasteiger partial charge on any atom is 0.271 e. The van der Waals surface area contributed by atoms with Gasteiger partial charge in [-0.2, -0.15) is 0 Å². The maximum absolute atomic E-state index is 12.4. The zero-order chi connectivity index (χ0) is 23.2. The average molecular weight is 471 g/mol. The van der Waals surface area contributed by atoms with Crippen LogP contribution in [0.4, 0.5) is 11.4 Å². The number of benzene rings is 2. The number of nitrogens with zero attached hydrogens (tertiary/aromatic N) is 3. The lowest BCUT2D eigenvalue weighted by atomic mass is 10.1. The highest BCUT2D eigenvalue weighted by Gasteiger charge is 2.19. The molecule has 0 aromatic heterocycles. The Morgan fingerprint density at radius 1 is 1.12 bits per heavy atom. The molecule has 1 fully saturated rings. The van der Waals surface area contributed by atoms with E-state index >= 15 is 0 Å². The van der Waals surface area contributed by atoms with Crippen LogP contribution in [0.25, 0.3) is 6.08 Å². The Hall–Kier alpha value is -3.10. The summed E-state index contributed by atoms with van der Waals surface area (Å²) in [6, 6.07) is 12.2. The number of unbranched alkanes of at least 4 members (excludes halogenated alkanes) is 1. The molecule has 0 bridgehead atoms. The predicted octanol–water partition coefficient (Wildman–Crippen LogP) is 3.74. The Balaban J connectivity index is 1.15. The number of fused-ring (bicyclic) bond motifs is 1. The van der Waals surface area contributed by atoms with E-state index in [9.17, 15) is 14.9 Å². The van der Waals surface area contributed by atoms with Crippen LogP contribution in [0.1, 0.15) is 18.4 Å². The van der Waals surface area contributed by atoms with Crippen molar-refractivity contribution in [3.05, 3.63) is 68.7 Å². The molecule has 0 aliphatic carbocycles. The monoisotopic (exact) mass is 470 g/mol. The molecule has 2 aromatic rings. The van der Waals surface area contributed by atoms with Gasteiger partial charge in [0.05, 0.1) is 10.5 Å². The van der Waals surface area contributed by atoms with Crippen molar-refractivity contribution < 1.29 is 14.5 Å². The molecule has 2 aliphatic heterocycles. The van der Waals surface area contributed by atoms with E-state index in [0.717, 1.165) is 62.6 Å². The van der Waals surface area contributed by atoms with Gasteiger partial charge in [-0.05, 0) is 49.7 Å². The van der Waals surface area contributed by atoms with Crippen LogP contribution in [0.15, 0.2) is 48.0 Å². The van der Waals surface area contributed by atoms with E-state index in [1.54, 1.807) is 24.3 Å². The van der Waals surface area contributed by atoms with Gasteiger partial charge in [0.25, 0.3) is 11.6 Å². The number of rotatable bonds is 8. The summed E-state index contributed by atoms with van der Waals surface area (Å²) < 4.78 is 5.65. The Morgan fingerprint density at radius 3 is 2.73 bits per heavy atom. The van der Waals surface area contributed by atoms with E-state index in [4.69, 9.17) is 16.3 Å². The van der Waals surface area contributed by atoms with Gasteiger partial charge in [0.1, 0.15) is 12.4 Å². The summed E-state index contributed by atoms with van der Waals surface area (Å²) >= 11 is 6.03. The molecule has 8 nitrogen and oxygen atoms in total. The van der Waals surface area contributed by atoms with Gasteiger partial charge in [0.2, 0.25) is 0 Å². The molecule has 0 radical (unpaired) electrons. The first kappa shape index (κ1) is 23.1. The number of halogens is 1. The van der Waals surface area contributed by atoms with E-state index in [0.29, 0.717) is 17.1 Å². The molecule has 2 heterocycles. The van der Waals surface area contributed by atoms with Crippen molar-refractivity contribution in [2.75, 3.05) is 50.8 Å². The van der Waals surface area contributed by atoms with Gasteiger partial charge < -0.3 is 15.0 Å². The average Bonchev–Trinajstić information content (AvgIpc) is 2.83. The second kappa shape index (κ2) is 10.7. The van der Waals surface area contributed by atoms with Gasteiger partial charge >= 0.3 is 0 Å². The fourth-order valence-electron chi connectivity index (χ4n) is 4.09. The van der Waals surface area contributed by atoms with Crippen molar-refractivity contribution in [1.82, 2.24) is 10.2 Å². The van der Waals surface area contributed by atoms with Gasteiger partial charge in [-0.3, -0.25) is 19.8 Å². The summed E-state index contributed by atoms with van der Waals surface area (Å²) in [7, 11) is 0. The molecule has 0 atom stereocenters. The number of carbonyl (C=O) groups is 1. The first-order valence-electron chi connectivity index (χ1n) is 11.1. The Bertz CT molecular complexity index is 1050. The van der Waals surface area contributed by atoms with E-state index in [1.807, 2.05) is 18.2 Å². The standard InChI is InChI=1S/C24H27ClN4O4/c25-20-6-7-23-18(15-20)14-19(17-33-23)24(30)26-8-1-2-9-27-10-12-28(13-11-27)21-4-3-5-22(16-21)29(31)32/h3-7,14-16H,1-2,8-13,17H2,(H,26,30). The topological polar surface area (TPSA) is 88.0 Å². The van der Waals surface area contributed by atoms with Crippen molar-refractivity contribution in [1.29, 1.82) is 0 Å². The van der Waals surface area contributed by atoms with Crippen molar-refractivity contribution in [3.63, 3.8) is 0 Å². The molecule has 174 valence electrons. The number of carbonyl (C=O) groups excluding carboxylic acids is 1. The first-order chi connectivity index (χ1) is 16.0. The second-order valence-corrected chi connectivity index (χ2v) is 8.65. The SMILES string of the molecule is O=C(NCCCCN1CCN(c2cccc([N+](=O)[O-])c2)CC1)C1=Cc2cc(Cl)ccc2OC1. The number of hydrogen-bond donors (Lipinski definition) is 1. The largest absolute Gasteiger partial charge is 0.488 e. The van der Waals surface area contributed by atoms with E-state index in [-0.39, 0.29) is 23.1 Å².